The Balaban J connectivity index is 2.00. The molecule has 1 aromatic rings. The minimum Gasteiger partial charge on any atom is -0.453 e. The maximum atomic E-state index is 11.1. The van der Waals surface area contributed by atoms with Crippen LogP contribution in [0.15, 0.2) is 24.3 Å². The van der Waals surface area contributed by atoms with Crippen LogP contribution in [0.1, 0.15) is 30.9 Å². The minimum absolute atomic E-state index is 0.0289. The zero-order chi connectivity index (χ0) is 16.5. The van der Waals surface area contributed by atoms with Crippen molar-refractivity contribution in [3.63, 3.8) is 0 Å². The Morgan fingerprint density at radius 1 is 1.48 bits per heavy atom. The molecule has 1 aliphatic rings. The average Bonchev–Trinajstić information content (AvgIpc) is 2.83. The van der Waals surface area contributed by atoms with Crippen LogP contribution < -0.4 is 10.6 Å². The molecule has 0 bridgehead atoms. The first-order valence-electron chi connectivity index (χ1n) is 8.10. The second kappa shape index (κ2) is 9.75. The number of carbonyl (C=O) groups excluding carboxylic acids is 1. The molecule has 0 spiro atoms. The van der Waals surface area contributed by atoms with Gasteiger partial charge in [0.15, 0.2) is 0 Å². The van der Waals surface area contributed by atoms with Crippen molar-refractivity contribution in [3.8, 4) is 0 Å². The van der Waals surface area contributed by atoms with Gasteiger partial charge < -0.3 is 20.1 Å². The first-order valence-corrected chi connectivity index (χ1v) is 8.48. The van der Waals surface area contributed by atoms with Crippen molar-refractivity contribution in [1.29, 1.82) is 0 Å². The van der Waals surface area contributed by atoms with E-state index in [-0.39, 0.29) is 6.10 Å². The Kier molecular flexibility index (Phi) is 7.65. The molecule has 0 radical (unpaired) electrons. The van der Waals surface area contributed by atoms with Gasteiger partial charge in [-0.2, -0.15) is 0 Å². The number of ether oxygens (including phenoxy) is 2. The lowest BCUT2D eigenvalue weighted by Gasteiger charge is -2.27. The molecule has 1 fully saturated rings. The van der Waals surface area contributed by atoms with E-state index < -0.39 is 6.09 Å². The number of halogens is 1. The summed E-state index contributed by atoms with van der Waals surface area (Å²) in [6, 6.07) is 7.83. The minimum atomic E-state index is -0.441. The van der Waals surface area contributed by atoms with Gasteiger partial charge >= 0.3 is 6.09 Å². The molecule has 5 nitrogen and oxygen atoms in total. The summed E-state index contributed by atoms with van der Waals surface area (Å²) < 4.78 is 10.7. The van der Waals surface area contributed by atoms with Crippen LogP contribution in [0.2, 0.25) is 5.02 Å². The fourth-order valence-electron chi connectivity index (χ4n) is 2.90. The van der Waals surface area contributed by atoms with E-state index in [4.69, 9.17) is 16.3 Å². The number of benzene rings is 1. The lowest BCUT2D eigenvalue weighted by atomic mass is 9.91. The van der Waals surface area contributed by atoms with Crippen molar-refractivity contribution < 1.29 is 14.3 Å². The summed E-state index contributed by atoms with van der Waals surface area (Å²) in [5, 5.41) is 6.83. The highest BCUT2D eigenvalue weighted by atomic mass is 35.5. The van der Waals surface area contributed by atoms with Crippen molar-refractivity contribution >= 4 is 17.7 Å². The zero-order valence-corrected chi connectivity index (χ0v) is 14.3. The van der Waals surface area contributed by atoms with E-state index in [1.165, 1.54) is 20.0 Å². The molecule has 1 heterocycles. The molecule has 1 aromatic carbocycles. The lowest BCUT2D eigenvalue weighted by Crippen LogP contribution is -2.30. The van der Waals surface area contributed by atoms with Crippen molar-refractivity contribution in [2.45, 2.75) is 25.4 Å². The predicted octanol–water partition coefficient (Wildman–Crippen LogP) is 3.14. The normalized spacial score (nSPS) is 19.7. The molecule has 2 N–H and O–H groups in total. The third-order valence-corrected chi connectivity index (χ3v) is 4.28. The molecular weight excluding hydrogens is 316 g/mol. The van der Waals surface area contributed by atoms with Gasteiger partial charge in [-0.3, -0.25) is 0 Å². The number of hydrogen-bond acceptors (Lipinski definition) is 4. The molecule has 6 heteroatoms. The molecule has 128 valence electrons. The fraction of sp³-hybridized carbons (Fsp3) is 0.588. The largest absolute Gasteiger partial charge is 0.453 e. The lowest BCUT2D eigenvalue weighted by molar-refractivity contribution is 0.0109. The fourth-order valence-corrected chi connectivity index (χ4v) is 3.10. The van der Waals surface area contributed by atoms with Crippen LogP contribution in [0, 0.1) is 5.92 Å². The Morgan fingerprint density at radius 2 is 2.35 bits per heavy atom. The molecule has 1 saturated heterocycles. The maximum Gasteiger partial charge on any atom is 0.406 e. The molecule has 0 aliphatic carbocycles. The standard InChI is InChI=1S/C17H25ClN2O3/c1-22-17(21)20-9-10-23-16(13-6-4-7-15(18)11-13)14-5-2-3-8-19-12-14/h4,6-7,11,14,16,19H,2-3,5,8-10,12H2,1H3,(H,20,21)/t14?,16-/m0/s1. The van der Waals surface area contributed by atoms with Crippen molar-refractivity contribution in [2.24, 2.45) is 5.92 Å². The summed E-state index contributed by atoms with van der Waals surface area (Å²) in [5.74, 6) is 0.397. The summed E-state index contributed by atoms with van der Waals surface area (Å²) >= 11 is 6.14. The van der Waals surface area contributed by atoms with E-state index in [2.05, 4.69) is 21.4 Å². The smallest absolute Gasteiger partial charge is 0.406 e. The highest BCUT2D eigenvalue weighted by Gasteiger charge is 2.25. The van der Waals surface area contributed by atoms with E-state index >= 15 is 0 Å². The molecule has 1 amide bonds. The van der Waals surface area contributed by atoms with E-state index in [1.807, 2.05) is 18.2 Å². The number of amides is 1. The molecule has 23 heavy (non-hydrogen) atoms. The third-order valence-electron chi connectivity index (χ3n) is 4.04. The number of nitrogens with one attached hydrogen (secondary N) is 2. The van der Waals surface area contributed by atoms with E-state index in [9.17, 15) is 4.79 Å². The summed E-state index contributed by atoms with van der Waals surface area (Å²) in [6.07, 6.45) is 3.04. The van der Waals surface area contributed by atoms with Gasteiger partial charge in [0.25, 0.3) is 0 Å². The summed E-state index contributed by atoms with van der Waals surface area (Å²) in [5.41, 5.74) is 1.09. The zero-order valence-electron chi connectivity index (χ0n) is 13.5. The van der Waals surface area contributed by atoms with E-state index in [1.54, 1.807) is 0 Å². The van der Waals surface area contributed by atoms with Crippen LogP contribution in [0.25, 0.3) is 0 Å². The van der Waals surface area contributed by atoms with Gasteiger partial charge in [-0.15, -0.1) is 0 Å². The van der Waals surface area contributed by atoms with Crippen LogP contribution in [-0.2, 0) is 9.47 Å². The van der Waals surface area contributed by atoms with Crippen LogP contribution in [0.5, 0.6) is 0 Å². The van der Waals surface area contributed by atoms with E-state index in [0.717, 1.165) is 25.1 Å². The molecule has 2 rings (SSSR count). The molecule has 0 saturated carbocycles. The average molecular weight is 341 g/mol. The molecule has 0 aromatic heterocycles. The molecule has 1 unspecified atom stereocenters. The number of methoxy groups -OCH3 is 1. The SMILES string of the molecule is COC(=O)NCCO[C@@H](c1cccc(Cl)c1)C1CCCCNC1. The third kappa shape index (κ3) is 6.01. The van der Waals surface area contributed by atoms with Gasteiger partial charge in [0.2, 0.25) is 0 Å². The van der Waals surface area contributed by atoms with Gasteiger partial charge in [0.1, 0.15) is 0 Å². The number of rotatable bonds is 6. The maximum absolute atomic E-state index is 11.1. The Bertz CT molecular complexity index is 490. The summed E-state index contributed by atoms with van der Waals surface area (Å²) in [6.45, 7) is 2.84. The van der Waals surface area contributed by atoms with E-state index in [0.29, 0.717) is 24.1 Å². The van der Waals surface area contributed by atoms with Crippen LogP contribution in [0.3, 0.4) is 0 Å². The quantitative estimate of drug-likeness (QED) is 0.781. The second-order valence-corrected chi connectivity index (χ2v) is 6.16. The van der Waals surface area contributed by atoms with Gasteiger partial charge in [0, 0.05) is 24.0 Å². The predicted molar refractivity (Wildman–Crippen MR) is 90.8 cm³/mol. The van der Waals surface area contributed by atoms with Crippen molar-refractivity contribution in [2.75, 3.05) is 33.4 Å². The Hall–Kier alpha value is -1.30. The molecule has 1 aliphatic heterocycles. The number of carbonyl (C=O) groups is 1. The van der Waals surface area contributed by atoms with Crippen LogP contribution >= 0.6 is 11.6 Å². The number of alkyl carbamates (subject to hydrolysis) is 1. The summed E-state index contributed by atoms with van der Waals surface area (Å²) in [4.78, 5) is 11.1. The van der Waals surface area contributed by atoms with Gasteiger partial charge in [-0.25, -0.2) is 4.79 Å². The van der Waals surface area contributed by atoms with Gasteiger partial charge in [0.05, 0.1) is 19.8 Å². The second-order valence-electron chi connectivity index (χ2n) is 5.72. The van der Waals surface area contributed by atoms with Crippen LogP contribution in [0.4, 0.5) is 4.79 Å². The highest BCUT2D eigenvalue weighted by Crippen LogP contribution is 2.31. The molecular formula is C17H25ClN2O3. The van der Waals surface area contributed by atoms with Gasteiger partial charge in [-0.1, -0.05) is 30.2 Å². The highest BCUT2D eigenvalue weighted by molar-refractivity contribution is 6.30. The molecule has 2 atom stereocenters. The Labute approximate surface area is 142 Å². The Morgan fingerprint density at radius 3 is 3.13 bits per heavy atom. The van der Waals surface area contributed by atoms with Crippen molar-refractivity contribution in [1.82, 2.24) is 10.6 Å². The first kappa shape index (κ1) is 18.0. The number of hydrogen-bond donors (Lipinski definition) is 2. The van der Waals surface area contributed by atoms with Crippen molar-refractivity contribution in [3.05, 3.63) is 34.9 Å². The van der Waals surface area contributed by atoms with Gasteiger partial charge in [-0.05, 0) is 37.1 Å². The van der Waals surface area contributed by atoms with Crippen LogP contribution in [-0.4, -0.2) is 39.4 Å². The first-order chi connectivity index (χ1) is 11.2. The topological polar surface area (TPSA) is 59.6 Å². The monoisotopic (exact) mass is 340 g/mol. The summed E-state index contributed by atoms with van der Waals surface area (Å²) in [7, 11) is 1.35.